The first-order valence-electron chi connectivity index (χ1n) is 3.65. The number of rotatable bonds is 2. The molecule has 0 atom stereocenters. The normalized spacial score (nSPS) is 10.0. The summed E-state index contributed by atoms with van der Waals surface area (Å²) in [5.41, 5.74) is 2.33. The second kappa shape index (κ2) is 3.83. The van der Waals surface area contributed by atoms with Crippen LogP contribution in [-0.4, -0.2) is 11.7 Å². The van der Waals surface area contributed by atoms with Crippen LogP contribution in [0.25, 0.3) is 0 Å². The third kappa shape index (κ3) is 1.73. The van der Waals surface area contributed by atoms with Crippen molar-refractivity contribution in [2.24, 2.45) is 0 Å². The average Bonchev–Trinajstić information content (AvgIpc) is 2.09. The van der Waals surface area contributed by atoms with Gasteiger partial charge in [-0.2, -0.15) is 0 Å². The summed E-state index contributed by atoms with van der Waals surface area (Å²) < 4.78 is 14.0. The summed E-state index contributed by atoms with van der Waals surface area (Å²) in [6.45, 7) is 4.03. The van der Waals surface area contributed by atoms with Crippen molar-refractivity contribution in [1.29, 1.82) is 0 Å². The number of benzene rings is 1. The maximum Gasteiger partial charge on any atom is 0.135 e. The fourth-order valence-corrected chi connectivity index (χ4v) is 1.46. The minimum absolute atomic E-state index is 0.718. The SMILES string of the molecule is COc1cc(C)c(C)cc1SO. The first-order valence-corrected chi connectivity index (χ1v) is 4.43. The predicted molar refractivity (Wildman–Crippen MR) is 51.0 cm³/mol. The van der Waals surface area contributed by atoms with Crippen LogP contribution in [-0.2, 0) is 0 Å². The zero-order valence-electron chi connectivity index (χ0n) is 7.42. The Morgan fingerprint density at radius 2 is 1.83 bits per heavy atom. The molecule has 2 nitrogen and oxygen atoms in total. The number of aryl methyl sites for hydroxylation is 2. The number of methoxy groups -OCH3 is 1. The molecule has 0 heterocycles. The van der Waals surface area contributed by atoms with E-state index < -0.39 is 0 Å². The van der Waals surface area contributed by atoms with E-state index in [0.717, 1.165) is 28.3 Å². The predicted octanol–water partition coefficient (Wildman–Crippen LogP) is 2.88. The van der Waals surface area contributed by atoms with E-state index in [0.29, 0.717) is 0 Å². The van der Waals surface area contributed by atoms with Gasteiger partial charge < -0.3 is 9.29 Å². The summed E-state index contributed by atoms with van der Waals surface area (Å²) in [5.74, 6) is 0.727. The number of hydrogen-bond acceptors (Lipinski definition) is 3. The molecule has 0 fully saturated rings. The zero-order chi connectivity index (χ0) is 9.14. The van der Waals surface area contributed by atoms with E-state index in [1.807, 2.05) is 26.0 Å². The molecule has 0 aromatic heterocycles. The Morgan fingerprint density at radius 3 is 2.33 bits per heavy atom. The summed E-state index contributed by atoms with van der Waals surface area (Å²) in [6, 6.07) is 3.84. The van der Waals surface area contributed by atoms with Crippen LogP contribution in [0.5, 0.6) is 5.75 Å². The van der Waals surface area contributed by atoms with E-state index in [1.165, 1.54) is 5.56 Å². The Hall–Kier alpha value is -0.670. The van der Waals surface area contributed by atoms with Crippen LogP contribution >= 0.6 is 12.0 Å². The molecule has 1 N–H and O–H groups in total. The van der Waals surface area contributed by atoms with Crippen molar-refractivity contribution in [2.75, 3.05) is 7.11 Å². The first-order chi connectivity index (χ1) is 5.69. The van der Waals surface area contributed by atoms with Crippen LogP contribution in [0.1, 0.15) is 11.1 Å². The molecular weight excluding hydrogens is 172 g/mol. The largest absolute Gasteiger partial charge is 0.495 e. The van der Waals surface area contributed by atoms with Crippen molar-refractivity contribution in [3.8, 4) is 5.75 Å². The summed E-state index contributed by atoms with van der Waals surface area (Å²) in [4.78, 5) is 0.764. The molecule has 0 saturated heterocycles. The van der Waals surface area contributed by atoms with Gasteiger partial charge in [0.05, 0.1) is 12.0 Å². The van der Waals surface area contributed by atoms with Crippen molar-refractivity contribution in [3.05, 3.63) is 23.3 Å². The highest BCUT2D eigenvalue weighted by molar-refractivity contribution is 7.93. The van der Waals surface area contributed by atoms with Crippen molar-refractivity contribution >= 4 is 12.0 Å². The summed E-state index contributed by atoms with van der Waals surface area (Å²) in [6.07, 6.45) is 0. The molecule has 66 valence electrons. The maximum absolute atomic E-state index is 8.90. The molecule has 0 spiro atoms. The van der Waals surface area contributed by atoms with Crippen LogP contribution in [0.3, 0.4) is 0 Å². The van der Waals surface area contributed by atoms with E-state index in [4.69, 9.17) is 9.29 Å². The lowest BCUT2D eigenvalue weighted by Gasteiger charge is -2.08. The van der Waals surface area contributed by atoms with E-state index in [1.54, 1.807) is 7.11 Å². The molecule has 12 heavy (non-hydrogen) atoms. The molecule has 0 aliphatic carbocycles. The van der Waals surface area contributed by atoms with Crippen molar-refractivity contribution in [2.45, 2.75) is 18.7 Å². The van der Waals surface area contributed by atoms with Crippen LogP contribution in [0.2, 0.25) is 0 Å². The number of ether oxygens (including phenoxy) is 1. The van der Waals surface area contributed by atoms with Gasteiger partial charge in [0.2, 0.25) is 0 Å². The molecule has 3 heteroatoms. The fraction of sp³-hybridized carbons (Fsp3) is 0.333. The van der Waals surface area contributed by atoms with E-state index in [-0.39, 0.29) is 0 Å². The average molecular weight is 184 g/mol. The molecule has 0 amide bonds. The minimum atomic E-state index is 0.718. The quantitative estimate of drug-likeness (QED) is 0.717. The molecule has 0 radical (unpaired) electrons. The van der Waals surface area contributed by atoms with Gasteiger partial charge in [-0.15, -0.1) is 0 Å². The van der Waals surface area contributed by atoms with Gasteiger partial charge in [-0.05, 0) is 37.1 Å². The van der Waals surface area contributed by atoms with Gasteiger partial charge in [0, 0.05) is 12.0 Å². The standard InChI is InChI=1S/C9H12O2S/c1-6-4-8(11-3)9(12-10)5-7(6)2/h4-5,10H,1-3H3. The van der Waals surface area contributed by atoms with Gasteiger partial charge in [0.25, 0.3) is 0 Å². The Morgan fingerprint density at radius 1 is 1.25 bits per heavy atom. The van der Waals surface area contributed by atoms with E-state index in [2.05, 4.69) is 0 Å². The molecule has 0 saturated carbocycles. The summed E-state index contributed by atoms with van der Waals surface area (Å²) in [7, 11) is 1.60. The van der Waals surface area contributed by atoms with Crippen LogP contribution < -0.4 is 4.74 Å². The van der Waals surface area contributed by atoms with Crippen LogP contribution in [0.4, 0.5) is 0 Å². The van der Waals surface area contributed by atoms with E-state index in [9.17, 15) is 0 Å². The fourth-order valence-electron chi connectivity index (χ4n) is 0.994. The van der Waals surface area contributed by atoms with Gasteiger partial charge in [0.1, 0.15) is 5.75 Å². The van der Waals surface area contributed by atoms with Crippen LogP contribution in [0, 0.1) is 13.8 Å². The highest BCUT2D eigenvalue weighted by Crippen LogP contribution is 2.29. The van der Waals surface area contributed by atoms with Crippen molar-refractivity contribution in [3.63, 3.8) is 0 Å². The molecule has 0 aliphatic rings. The molecule has 0 aliphatic heterocycles. The Kier molecular flexibility index (Phi) is 3.00. The van der Waals surface area contributed by atoms with Crippen molar-refractivity contribution < 1.29 is 9.29 Å². The lowest BCUT2D eigenvalue weighted by atomic mass is 10.1. The molecule has 0 unspecified atom stereocenters. The molecule has 0 bridgehead atoms. The Balaban J connectivity index is 3.19. The molecular formula is C9H12O2S. The lowest BCUT2D eigenvalue weighted by Crippen LogP contribution is -1.89. The van der Waals surface area contributed by atoms with Crippen LogP contribution in [0.15, 0.2) is 17.0 Å². The summed E-state index contributed by atoms with van der Waals surface area (Å²) >= 11 is 0.718. The third-order valence-electron chi connectivity index (χ3n) is 1.88. The van der Waals surface area contributed by atoms with Gasteiger partial charge in [-0.25, -0.2) is 0 Å². The zero-order valence-corrected chi connectivity index (χ0v) is 8.23. The molecule has 1 aromatic rings. The monoisotopic (exact) mass is 184 g/mol. The highest BCUT2D eigenvalue weighted by Gasteiger charge is 2.04. The van der Waals surface area contributed by atoms with E-state index >= 15 is 0 Å². The van der Waals surface area contributed by atoms with Crippen molar-refractivity contribution in [1.82, 2.24) is 0 Å². The minimum Gasteiger partial charge on any atom is -0.495 e. The Bertz CT molecular complexity index is 255. The number of hydrogen-bond donors (Lipinski definition) is 1. The second-order valence-electron chi connectivity index (χ2n) is 2.68. The Labute approximate surface area is 76.8 Å². The maximum atomic E-state index is 8.90. The van der Waals surface area contributed by atoms with Gasteiger partial charge >= 0.3 is 0 Å². The van der Waals surface area contributed by atoms with Gasteiger partial charge in [-0.3, -0.25) is 0 Å². The third-order valence-corrected chi connectivity index (χ3v) is 2.39. The molecule has 1 rings (SSSR count). The first kappa shape index (κ1) is 9.42. The van der Waals surface area contributed by atoms with Gasteiger partial charge in [-0.1, -0.05) is 0 Å². The second-order valence-corrected chi connectivity index (χ2v) is 3.30. The lowest BCUT2D eigenvalue weighted by molar-refractivity contribution is 0.403. The van der Waals surface area contributed by atoms with Gasteiger partial charge in [0.15, 0.2) is 0 Å². The highest BCUT2D eigenvalue weighted by atomic mass is 32.2. The molecule has 1 aromatic carbocycles. The topological polar surface area (TPSA) is 29.5 Å². The summed E-state index contributed by atoms with van der Waals surface area (Å²) in [5, 5.41) is 0. The smallest absolute Gasteiger partial charge is 0.135 e.